The number of amides is 1. The maximum atomic E-state index is 12.4. The summed E-state index contributed by atoms with van der Waals surface area (Å²) >= 11 is 0. The molecule has 0 bridgehead atoms. The summed E-state index contributed by atoms with van der Waals surface area (Å²) in [7, 11) is 6.01. The minimum absolute atomic E-state index is 0.191. The van der Waals surface area contributed by atoms with E-state index in [4.69, 9.17) is 4.98 Å². The number of rotatable bonds is 8. The van der Waals surface area contributed by atoms with E-state index in [1.54, 1.807) is 6.20 Å². The maximum Gasteiger partial charge on any atom is 0.248 e. The fourth-order valence-corrected chi connectivity index (χ4v) is 4.67. The van der Waals surface area contributed by atoms with Gasteiger partial charge in [0.25, 0.3) is 0 Å². The Morgan fingerprint density at radius 2 is 2.00 bits per heavy atom. The SMILES string of the molecule is CN(C)C/C=C/C(=O)Nc1cccc(-c2nc(NC3=CC(N4CCN(C)CC4)=C(O)CC3)nc3[nH]ncc23)c1. The molecule has 0 radical (unpaired) electrons. The van der Waals surface area contributed by atoms with Gasteiger partial charge < -0.3 is 30.4 Å². The van der Waals surface area contributed by atoms with E-state index in [1.165, 1.54) is 6.08 Å². The maximum absolute atomic E-state index is 12.4. The average molecular weight is 530 g/mol. The van der Waals surface area contributed by atoms with Crippen molar-refractivity contribution >= 4 is 28.6 Å². The number of carbonyl (C=O) groups is 1. The summed E-state index contributed by atoms with van der Waals surface area (Å²) in [5.41, 5.74) is 4.61. The molecule has 204 valence electrons. The minimum atomic E-state index is -0.191. The van der Waals surface area contributed by atoms with Crippen LogP contribution in [0.2, 0.25) is 0 Å². The van der Waals surface area contributed by atoms with Gasteiger partial charge in [-0.2, -0.15) is 10.1 Å². The molecule has 2 aliphatic rings. The van der Waals surface area contributed by atoms with Crippen LogP contribution in [0, 0.1) is 0 Å². The fraction of sp³-hybridized carbons (Fsp3) is 0.357. The second-order valence-electron chi connectivity index (χ2n) is 10.2. The molecule has 3 aromatic rings. The monoisotopic (exact) mass is 529 g/mol. The Hall–Kier alpha value is -4.22. The smallest absolute Gasteiger partial charge is 0.248 e. The molecule has 1 aliphatic carbocycles. The molecule has 2 aromatic heterocycles. The lowest BCUT2D eigenvalue weighted by Gasteiger charge is -2.36. The molecule has 1 fully saturated rings. The number of aromatic amines is 1. The lowest BCUT2D eigenvalue weighted by Crippen LogP contribution is -2.44. The number of piperazine rings is 1. The summed E-state index contributed by atoms with van der Waals surface area (Å²) in [6.45, 7) is 4.35. The third-order valence-corrected chi connectivity index (χ3v) is 6.81. The first kappa shape index (κ1) is 26.4. The van der Waals surface area contributed by atoms with Crippen LogP contribution in [-0.4, -0.2) is 99.7 Å². The topological polar surface area (TPSA) is 126 Å². The Morgan fingerprint density at radius 1 is 1.18 bits per heavy atom. The van der Waals surface area contributed by atoms with E-state index in [9.17, 15) is 9.90 Å². The van der Waals surface area contributed by atoms with Gasteiger partial charge in [0, 0.05) is 62.2 Å². The second-order valence-corrected chi connectivity index (χ2v) is 10.2. The van der Waals surface area contributed by atoms with Crippen molar-refractivity contribution in [3.05, 3.63) is 65.8 Å². The molecule has 1 amide bonds. The summed E-state index contributed by atoms with van der Waals surface area (Å²) in [6.07, 6.45) is 8.28. The molecular weight excluding hydrogens is 494 g/mol. The molecule has 11 heteroatoms. The van der Waals surface area contributed by atoms with Gasteiger partial charge in [0.15, 0.2) is 5.65 Å². The Kier molecular flexibility index (Phi) is 7.89. The van der Waals surface area contributed by atoms with Crippen LogP contribution < -0.4 is 10.6 Å². The van der Waals surface area contributed by atoms with Crippen LogP contribution in [0.3, 0.4) is 0 Å². The van der Waals surface area contributed by atoms with Crippen LogP contribution in [0.25, 0.3) is 22.3 Å². The molecule has 0 atom stereocenters. The van der Waals surface area contributed by atoms with Gasteiger partial charge in [-0.05, 0) is 45.8 Å². The highest BCUT2D eigenvalue weighted by Crippen LogP contribution is 2.30. The van der Waals surface area contributed by atoms with E-state index in [1.807, 2.05) is 55.4 Å². The number of hydrogen-bond acceptors (Lipinski definition) is 9. The number of aliphatic hydroxyl groups excluding tert-OH is 1. The van der Waals surface area contributed by atoms with E-state index >= 15 is 0 Å². The first-order valence-corrected chi connectivity index (χ1v) is 13.1. The zero-order valence-electron chi connectivity index (χ0n) is 22.6. The predicted octanol–water partition coefficient (Wildman–Crippen LogP) is 3.18. The number of hydrogen-bond donors (Lipinski definition) is 4. The minimum Gasteiger partial charge on any atom is -0.510 e. The molecule has 39 heavy (non-hydrogen) atoms. The first-order chi connectivity index (χ1) is 18.9. The highest BCUT2D eigenvalue weighted by molar-refractivity contribution is 6.00. The normalized spacial score (nSPS) is 16.8. The third-order valence-electron chi connectivity index (χ3n) is 6.81. The number of likely N-dealkylation sites (N-methyl/N-ethyl adjacent to an activating group) is 2. The highest BCUT2D eigenvalue weighted by Gasteiger charge is 2.22. The highest BCUT2D eigenvalue weighted by atomic mass is 16.3. The quantitative estimate of drug-likeness (QED) is 0.326. The van der Waals surface area contributed by atoms with E-state index in [0.29, 0.717) is 48.1 Å². The Labute approximate surface area is 227 Å². The summed E-state index contributed by atoms with van der Waals surface area (Å²) < 4.78 is 0. The molecule has 11 nitrogen and oxygen atoms in total. The van der Waals surface area contributed by atoms with Gasteiger partial charge in [-0.25, -0.2) is 4.98 Å². The number of anilines is 2. The van der Waals surface area contributed by atoms with Crippen molar-refractivity contribution in [2.45, 2.75) is 12.8 Å². The molecule has 5 rings (SSSR count). The number of allylic oxidation sites excluding steroid dienone is 3. The summed E-state index contributed by atoms with van der Waals surface area (Å²) in [5.74, 6) is 0.670. The fourth-order valence-electron chi connectivity index (χ4n) is 4.67. The Morgan fingerprint density at radius 3 is 2.79 bits per heavy atom. The largest absolute Gasteiger partial charge is 0.510 e. The second kappa shape index (κ2) is 11.7. The number of nitrogens with zero attached hydrogens (tertiary/aromatic N) is 6. The number of aromatic nitrogens is 4. The van der Waals surface area contributed by atoms with Gasteiger partial charge in [-0.15, -0.1) is 0 Å². The van der Waals surface area contributed by atoms with Gasteiger partial charge in [0.05, 0.1) is 23.0 Å². The van der Waals surface area contributed by atoms with E-state index in [-0.39, 0.29) is 5.91 Å². The average Bonchev–Trinajstić information content (AvgIpc) is 3.38. The van der Waals surface area contributed by atoms with Gasteiger partial charge in [-0.3, -0.25) is 9.89 Å². The molecule has 1 aliphatic heterocycles. The van der Waals surface area contributed by atoms with Crippen molar-refractivity contribution in [2.24, 2.45) is 0 Å². The van der Waals surface area contributed by atoms with Crippen molar-refractivity contribution in [3.63, 3.8) is 0 Å². The van der Waals surface area contributed by atoms with Gasteiger partial charge in [0.2, 0.25) is 11.9 Å². The van der Waals surface area contributed by atoms with Crippen LogP contribution in [0.15, 0.2) is 65.8 Å². The van der Waals surface area contributed by atoms with E-state index < -0.39 is 0 Å². The van der Waals surface area contributed by atoms with Crippen LogP contribution in [0.5, 0.6) is 0 Å². The van der Waals surface area contributed by atoms with Crippen LogP contribution >= 0.6 is 0 Å². The van der Waals surface area contributed by atoms with E-state index in [0.717, 1.165) is 48.5 Å². The molecule has 0 spiro atoms. The van der Waals surface area contributed by atoms with Crippen molar-refractivity contribution in [1.29, 1.82) is 0 Å². The lowest BCUT2D eigenvalue weighted by molar-refractivity contribution is -0.111. The third kappa shape index (κ3) is 6.44. The number of benzene rings is 1. The molecule has 0 saturated carbocycles. The lowest BCUT2D eigenvalue weighted by atomic mass is 10.1. The molecule has 4 N–H and O–H groups in total. The standard InChI is InChI=1S/C28H35N9O2/c1-35(2)11-5-8-25(39)30-20-7-4-6-19(16-20)26-22-18-29-34-27(22)33-28(32-26)31-21-9-10-24(38)23(17-21)37-14-12-36(3)13-15-37/h4-8,16-18,38H,9-15H2,1-3H3,(H,30,39)(H2,29,31,32,33,34)/b8-5+. The predicted molar refractivity (Wildman–Crippen MR) is 153 cm³/mol. The Bertz CT molecular complexity index is 1430. The van der Waals surface area contributed by atoms with Crippen LogP contribution in [0.1, 0.15) is 12.8 Å². The number of nitrogens with one attached hydrogen (secondary N) is 3. The van der Waals surface area contributed by atoms with Gasteiger partial charge in [0.1, 0.15) is 5.76 Å². The number of carbonyl (C=O) groups excluding carboxylic acids is 1. The molecule has 3 heterocycles. The van der Waals surface area contributed by atoms with Crippen LogP contribution in [0.4, 0.5) is 11.6 Å². The number of aliphatic hydroxyl groups is 1. The number of H-pyrrole nitrogens is 1. The molecular formula is C28H35N9O2. The zero-order valence-corrected chi connectivity index (χ0v) is 22.6. The summed E-state index contributed by atoms with van der Waals surface area (Å²) in [5, 5.41) is 24.8. The van der Waals surface area contributed by atoms with Gasteiger partial charge in [-0.1, -0.05) is 18.2 Å². The summed E-state index contributed by atoms with van der Waals surface area (Å²) in [6, 6.07) is 7.57. The van der Waals surface area contributed by atoms with Crippen molar-refractivity contribution in [2.75, 3.05) is 64.5 Å². The van der Waals surface area contributed by atoms with Crippen molar-refractivity contribution < 1.29 is 9.90 Å². The number of fused-ring (bicyclic) bond motifs is 1. The first-order valence-electron chi connectivity index (χ1n) is 13.1. The van der Waals surface area contributed by atoms with Crippen molar-refractivity contribution in [1.82, 2.24) is 34.9 Å². The molecule has 1 saturated heterocycles. The summed E-state index contributed by atoms with van der Waals surface area (Å²) in [4.78, 5) is 28.3. The van der Waals surface area contributed by atoms with Crippen molar-refractivity contribution in [3.8, 4) is 11.3 Å². The van der Waals surface area contributed by atoms with E-state index in [2.05, 4.69) is 42.7 Å². The molecule has 0 unspecified atom stereocenters. The van der Waals surface area contributed by atoms with Gasteiger partial charge >= 0.3 is 0 Å². The zero-order chi connectivity index (χ0) is 27.4. The Balaban J connectivity index is 1.38. The van der Waals surface area contributed by atoms with Crippen LogP contribution in [-0.2, 0) is 4.79 Å². The molecule has 1 aromatic carbocycles.